The predicted molar refractivity (Wildman–Crippen MR) is 232 cm³/mol. The van der Waals surface area contributed by atoms with Crippen LogP contribution in [0.2, 0.25) is 0 Å². The fourth-order valence-electron chi connectivity index (χ4n) is 4.67. The third kappa shape index (κ3) is 27.4. The second-order valence-corrected chi connectivity index (χ2v) is 32.7. The minimum Gasteiger partial charge on any atom is -0.321 e. The van der Waals surface area contributed by atoms with E-state index in [0.717, 1.165) is 51.4 Å². The molecule has 0 saturated carbocycles. The second kappa shape index (κ2) is 33.7. The Morgan fingerprint density at radius 2 is 0.766 bits per heavy atom. The number of hydrogen-bond donors (Lipinski definition) is 0. The number of rotatable bonds is 36. The molecule has 5 nitrogen and oxygen atoms in total. The minimum absolute atomic E-state index is 0.412. The predicted octanol–water partition coefficient (Wildman–Crippen LogP) is 16.9. The van der Waals surface area contributed by atoms with Crippen LogP contribution in [0.4, 0.5) is 0 Å². The van der Waals surface area contributed by atoms with Crippen molar-refractivity contribution >= 4 is 94.3 Å². The van der Waals surface area contributed by atoms with E-state index in [1.165, 1.54) is 71.6 Å². The van der Waals surface area contributed by atoms with Gasteiger partial charge in [0.15, 0.2) is 0 Å². The SMILES string of the molecule is CCCCC(CC)COP(=O)(OCC(CC)CCCC)SSSSSSSP(=S)(OCC(CC)CCCC)OCC(CC)CCCC. The average Bonchev–Trinajstić information content (AvgIpc) is 3.08. The van der Waals surface area contributed by atoms with Gasteiger partial charge in [-0.15, -0.1) is 0 Å². The Morgan fingerprint density at radius 1 is 0.468 bits per heavy atom. The fourth-order valence-corrected chi connectivity index (χ4v) is 31.9. The summed E-state index contributed by atoms with van der Waals surface area (Å²) in [4.78, 5) is 0. The molecule has 0 aliphatic carbocycles. The molecular weight excluding hydrogens is 783 g/mol. The first-order valence-corrected chi connectivity index (χ1v) is 32.4. The van der Waals surface area contributed by atoms with Gasteiger partial charge in [0.2, 0.25) is 0 Å². The lowest BCUT2D eigenvalue weighted by molar-refractivity contribution is 0.163. The summed E-state index contributed by atoms with van der Waals surface area (Å²) in [5.41, 5.74) is -2.49. The molecule has 0 aliphatic heterocycles. The zero-order valence-electron chi connectivity index (χ0n) is 30.7. The Bertz CT molecular complexity index is 695. The van der Waals surface area contributed by atoms with Crippen molar-refractivity contribution < 1.29 is 22.7 Å². The maximum Gasteiger partial charge on any atom is 0.400 e. The Balaban J connectivity index is 5.08. The zero-order chi connectivity index (χ0) is 35.2. The Kier molecular flexibility index (Phi) is 36.0. The van der Waals surface area contributed by atoms with Crippen molar-refractivity contribution in [2.24, 2.45) is 23.7 Å². The molecule has 0 aromatic heterocycles. The topological polar surface area (TPSA) is 54.0 Å². The molecule has 0 aromatic carbocycles. The summed E-state index contributed by atoms with van der Waals surface area (Å²) in [6.07, 6.45) is 18.3. The highest BCUT2D eigenvalue weighted by Gasteiger charge is 2.30. The molecule has 0 N–H and O–H groups in total. The molecular formula is C32H68O5P2S8. The van der Waals surface area contributed by atoms with E-state index in [0.29, 0.717) is 50.1 Å². The lowest BCUT2D eigenvalue weighted by atomic mass is 10.0. The quantitative estimate of drug-likeness (QED) is 0.0342. The number of hydrogen-bond acceptors (Lipinski definition) is 13. The van der Waals surface area contributed by atoms with E-state index in [2.05, 4.69) is 55.4 Å². The van der Waals surface area contributed by atoms with E-state index in [1.54, 1.807) is 49.7 Å². The van der Waals surface area contributed by atoms with Gasteiger partial charge in [-0.2, -0.15) is 0 Å². The summed E-state index contributed by atoms with van der Waals surface area (Å²) in [5, 5.41) is 0. The largest absolute Gasteiger partial charge is 0.400 e. The molecule has 15 heteroatoms. The third-order valence-corrected chi connectivity index (χ3v) is 32.3. The van der Waals surface area contributed by atoms with Crippen molar-refractivity contribution in [3.63, 3.8) is 0 Å². The van der Waals surface area contributed by atoms with Crippen molar-refractivity contribution in [1.29, 1.82) is 0 Å². The van der Waals surface area contributed by atoms with Crippen LogP contribution in [0.3, 0.4) is 0 Å². The molecule has 47 heavy (non-hydrogen) atoms. The first-order chi connectivity index (χ1) is 22.7. The minimum atomic E-state index is -3.29. The molecule has 0 rings (SSSR count). The highest BCUT2D eigenvalue weighted by Crippen LogP contribution is 2.73. The van der Waals surface area contributed by atoms with Gasteiger partial charge in [-0.1, -0.05) is 132 Å². The van der Waals surface area contributed by atoms with Gasteiger partial charge in [0.25, 0.3) is 5.69 Å². The molecule has 0 amide bonds. The Hall–Kier alpha value is 3.17. The maximum atomic E-state index is 13.9. The molecule has 0 saturated heterocycles. The van der Waals surface area contributed by atoms with Crippen LogP contribution in [0.5, 0.6) is 0 Å². The van der Waals surface area contributed by atoms with Gasteiger partial charge in [-0.05, 0) is 110 Å². The van der Waals surface area contributed by atoms with Crippen molar-refractivity contribution in [2.45, 2.75) is 158 Å². The first kappa shape index (κ1) is 50.2. The van der Waals surface area contributed by atoms with Gasteiger partial charge in [0.1, 0.15) is 0 Å². The average molecular weight is 851 g/mol. The van der Waals surface area contributed by atoms with Gasteiger partial charge in [-0.3, -0.25) is 9.05 Å². The summed E-state index contributed by atoms with van der Waals surface area (Å²) in [6.45, 7) is 16.8. The second-order valence-electron chi connectivity index (χ2n) is 12.2. The molecule has 0 fully saturated rings. The van der Waals surface area contributed by atoms with Crippen molar-refractivity contribution in [3.05, 3.63) is 0 Å². The van der Waals surface area contributed by atoms with E-state index in [4.69, 9.17) is 29.9 Å². The van der Waals surface area contributed by atoms with Crippen LogP contribution in [0.25, 0.3) is 0 Å². The number of unbranched alkanes of at least 4 members (excludes halogenated alkanes) is 4. The Morgan fingerprint density at radius 3 is 1.09 bits per heavy atom. The van der Waals surface area contributed by atoms with Gasteiger partial charge < -0.3 is 9.05 Å². The van der Waals surface area contributed by atoms with Crippen LogP contribution >= 0.6 is 82.4 Å². The van der Waals surface area contributed by atoms with Crippen LogP contribution in [0, 0.1) is 23.7 Å². The lowest BCUT2D eigenvalue weighted by Gasteiger charge is -2.25. The summed E-state index contributed by atoms with van der Waals surface area (Å²) in [5.74, 6) is 1.88. The highest BCUT2D eigenvalue weighted by molar-refractivity contribution is 9.49. The van der Waals surface area contributed by atoms with Crippen LogP contribution in [0.15, 0.2) is 0 Å². The fraction of sp³-hybridized carbons (Fsp3) is 1.00. The van der Waals surface area contributed by atoms with E-state index >= 15 is 0 Å². The van der Waals surface area contributed by atoms with Gasteiger partial charge in [0, 0.05) is 20.8 Å². The normalized spacial score (nSPS) is 17.2. The molecule has 4 unspecified atom stereocenters. The summed E-state index contributed by atoms with van der Waals surface area (Å²) < 4.78 is 39.0. The van der Waals surface area contributed by atoms with Crippen LogP contribution in [-0.4, -0.2) is 26.4 Å². The summed E-state index contributed by atoms with van der Waals surface area (Å²) in [6, 6.07) is 0. The summed E-state index contributed by atoms with van der Waals surface area (Å²) in [7, 11) is 10.9. The van der Waals surface area contributed by atoms with Crippen LogP contribution in [-0.2, 0) is 34.5 Å². The maximum absolute atomic E-state index is 13.9. The molecule has 284 valence electrons. The van der Waals surface area contributed by atoms with E-state index in [1.807, 2.05) is 0 Å². The van der Waals surface area contributed by atoms with Crippen molar-refractivity contribution in [1.82, 2.24) is 0 Å². The molecule has 0 spiro atoms. The first-order valence-electron chi connectivity index (χ1n) is 18.2. The van der Waals surface area contributed by atoms with E-state index in [-0.39, 0.29) is 0 Å². The third-order valence-electron chi connectivity index (χ3n) is 8.40. The van der Waals surface area contributed by atoms with Crippen molar-refractivity contribution in [2.75, 3.05) is 26.4 Å². The van der Waals surface area contributed by atoms with Gasteiger partial charge >= 0.3 is 6.80 Å². The molecule has 0 aromatic rings. The molecule has 0 heterocycles. The van der Waals surface area contributed by atoms with Gasteiger partial charge in [0.05, 0.1) is 26.4 Å². The molecule has 0 bridgehead atoms. The Labute approximate surface area is 322 Å². The monoisotopic (exact) mass is 850 g/mol. The van der Waals surface area contributed by atoms with E-state index < -0.39 is 12.5 Å². The zero-order valence-corrected chi connectivity index (χ0v) is 39.0. The van der Waals surface area contributed by atoms with Crippen LogP contribution < -0.4 is 0 Å². The van der Waals surface area contributed by atoms with Crippen LogP contribution in [0.1, 0.15) is 158 Å². The smallest absolute Gasteiger partial charge is 0.321 e. The van der Waals surface area contributed by atoms with E-state index in [9.17, 15) is 4.57 Å². The molecule has 4 atom stereocenters. The molecule has 0 radical (unpaired) electrons. The lowest BCUT2D eigenvalue weighted by Crippen LogP contribution is -2.11. The highest BCUT2D eigenvalue weighted by atomic mass is 34.0. The van der Waals surface area contributed by atoms with Crippen molar-refractivity contribution in [3.8, 4) is 0 Å². The standard InChI is InChI=1S/C32H68O5P2S8/c1-9-17-21-29(13-5)25-34-38(33,35-26-30(14-6)22-18-10-2)41-43-45-47-46-44-42-39(40,36-27-31(15-7)23-19-11-3)37-28-32(16-8)24-20-12-4/h29-32H,9-28H2,1-8H3. The van der Waals surface area contributed by atoms with Gasteiger partial charge in [-0.25, -0.2) is 4.57 Å². The summed E-state index contributed by atoms with van der Waals surface area (Å²) >= 11 is 6.08. The molecule has 0 aliphatic rings.